The lowest BCUT2D eigenvalue weighted by Crippen LogP contribution is -2.39. The Kier molecular flexibility index (Phi) is 7.42. The number of pyridine rings is 1. The van der Waals surface area contributed by atoms with E-state index in [1.165, 1.54) is 40.3 Å². The molecule has 0 bridgehead atoms. The highest BCUT2D eigenvalue weighted by atomic mass is 19.1. The fourth-order valence-electron chi connectivity index (χ4n) is 4.51. The second-order valence-electron chi connectivity index (χ2n) is 9.31. The number of rotatable bonds is 9. The number of ether oxygens (including phenoxy) is 2. The van der Waals surface area contributed by atoms with Crippen molar-refractivity contribution in [2.24, 2.45) is 0 Å². The Morgan fingerprint density at radius 1 is 1.13 bits per heavy atom. The minimum absolute atomic E-state index is 0.0837. The van der Waals surface area contributed by atoms with Crippen molar-refractivity contribution in [3.63, 3.8) is 0 Å². The first-order valence-corrected chi connectivity index (χ1v) is 12.5. The number of fused-ring (bicyclic) bond motifs is 1. The summed E-state index contributed by atoms with van der Waals surface area (Å²) in [7, 11) is 1.58. The molecule has 3 amide bonds. The Morgan fingerprint density at radius 3 is 2.62 bits per heavy atom. The molecule has 0 spiro atoms. The van der Waals surface area contributed by atoms with Crippen LogP contribution in [0.25, 0.3) is 0 Å². The van der Waals surface area contributed by atoms with Crippen LogP contribution in [0.1, 0.15) is 22.3 Å². The van der Waals surface area contributed by atoms with Crippen LogP contribution in [0.3, 0.4) is 0 Å². The number of carbonyl (C=O) groups excluding carboxylic acids is 3. The number of likely N-dealkylation sites (N-methyl/N-ethyl adjacent to an activating group) is 1. The predicted molar refractivity (Wildman–Crippen MR) is 138 cm³/mol. The fourth-order valence-corrected chi connectivity index (χ4v) is 4.51. The Labute approximate surface area is 224 Å². The minimum atomic E-state index is -0.712. The SMILES string of the molecule is CN(CCO)C(=O)CN1Cc2ccc(N3CC[C@@H](Oc4ccc(Oc5ccc(F)cc5)nc4)C3=O)cc2C1=O. The Morgan fingerprint density at radius 2 is 1.90 bits per heavy atom. The summed E-state index contributed by atoms with van der Waals surface area (Å²) in [5, 5.41) is 9.03. The molecule has 0 radical (unpaired) electrons. The third-order valence-corrected chi connectivity index (χ3v) is 6.65. The maximum atomic E-state index is 13.1. The van der Waals surface area contributed by atoms with Gasteiger partial charge in [-0.2, -0.15) is 0 Å². The Hall–Kier alpha value is -4.51. The highest BCUT2D eigenvalue weighted by molar-refractivity contribution is 6.03. The van der Waals surface area contributed by atoms with Crippen LogP contribution in [0.2, 0.25) is 0 Å². The summed E-state index contributed by atoms with van der Waals surface area (Å²) in [4.78, 5) is 47.0. The van der Waals surface area contributed by atoms with E-state index in [1.54, 1.807) is 42.3 Å². The zero-order valence-electron chi connectivity index (χ0n) is 21.2. The van der Waals surface area contributed by atoms with Gasteiger partial charge in [0.25, 0.3) is 11.8 Å². The lowest BCUT2D eigenvalue weighted by atomic mass is 10.1. The number of hydrogen-bond donors (Lipinski definition) is 1. The van der Waals surface area contributed by atoms with Crippen LogP contribution in [0.5, 0.6) is 17.4 Å². The quantitative estimate of drug-likeness (QED) is 0.449. The van der Waals surface area contributed by atoms with Gasteiger partial charge in [0.05, 0.1) is 12.8 Å². The minimum Gasteiger partial charge on any atom is -0.479 e. The number of amides is 3. The fraction of sp³-hybridized carbons (Fsp3) is 0.286. The van der Waals surface area contributed by atoms with Crippen LogP contribution in [0, 0.1) is 5.82 Å². The van der Waals surface area contributed by atoms with Gasteiger partial charge in [0, 0.05) is 50.4 Å². The summed E-state index contributed by atoms with van der Waals surface area (Å²) in [5.74, 6) is 0.0120. The van der Waals surface area contributed by atoms with Crippen molar-refractivity contribution in [2.45, 2.75) is 19.1 Å². The molecule has 10 nitrogen and oxygen atoms in total. The van der Waals surface area contributed by atoms with E-state index < -0.39 is 6.10 Å². The molecule has 0 saturated carbocycles. The van der Waals surface area contributed by atoms with Gasteiger partial charge in [0.15, 0.2) is 6.10 Å². The molecule has 1 atom stereocenters. The van der Waals surface area contributed by atoms with E-state index in [4.69, 9.17) is 14.6 Å². The van der Waals surface area contributed by atoms with Crippen molar-refractivity contribution < 1.29 is 33.4 Å². The molecule has 5 rings (SSSR count). The second-order valence-corrected chi connectivity index (χ2v) is 9.31. The van der Waals surface area contributed by atoms with Crippen LogP contribution in [-0.2, 0) is 16.1 Å². The first-order chi connectivity index (χ1) is 18.8. The van der Waals surface area contributed by atoms with E-state index in [0.717, 1.165) is 5.56 Å². The van der Waals surface area contributed by atoms with Gasteiger partial charge in [0.1, 0.15) is 23.9 Å². The first-order valence-electron chi connectivity index (χ1n) is 12.5. The number of halogens is 1. The number of benzene rings is 2. The third-order valence-electron chi connectivity index (χ3n) is 6.65. The van der Waals surface area contributed by atoms with Crippen molar-refractivity contribution in [1.29, 1.82) is 0 Å². The zero-order chi connectivity index (χ0) is 27.5. The lowest BCUT2D eigenvalue weighted by molar-refractivity contribution is -0.131. The van der Waals surface area contributed by atoms with Crippen molar-refractivity contribution in [3.05, 3.63) is 77.7 Å². The average Bonchev–Trinajstić information content (AvgIpc) is 3.45. The number of nitrogens with zero attached hydrogens (tertiary/aromatic N) is 4. The third kappa shape index (κ3) is 5.68. The van der Waals surface area contributed by atoms with E-state index in [0.29, 0.717) is 48.1 Å². The van der Waals surface area contributed by atoms with Crippen LogP contribution >= 0.6 is 0 Å². The van der Waals surface area contributed by atoms with Gasteiger partial charge in [-0.15, -0.1) is 0 Å². The number of anilines is 1. The van der Waals surface area contributed by atoms with E-state index in [-0.39, 0.29) is 43.2 Å². The topological polar surface area (TPSA) is 113 Å². The standard InChI is InChI=1S/C28H27FN4O6/c1-31(12-13-34)26(35)17-32-16-18-2-5-20(14-23(18)27(32)36)33-11-10-24(28(33)37)38-22-8-9-25(30-15-22)39-21-6-3-19(29)4-7-21/h2-9,14-15,24,34H,10-13,16-17H2,1H3/t24-/m1/s1. The molecule has 3 aromatic rings. The summed E-state index contributed by atoms with van der Waals surface area (Å²) < 4.78 is 24.5. The Balaban J connectivity index is 1.20. The summed E-state index contributed by atoms with van der Waals surface area (Å²) in [6, 6.07) is 14.1. The van der Waals surface area contributed by atoms with E-state index >= 15 is 0 Å². The molecule has 0 unspecified atom stereocenters. The van der Waals surface area contributed by atoms with E-state index in [2.05, 4.69) is 4.98 Å². The maximum Gasteiger partial charge on any atom is 0.268 e. The number of carbonyl (C=O) groups is 3. The van der Waals surface area contributed by atoms with Crippen LogP contribution in [-0.4, -0.2) is 77.0 Å². The number of aliphatic hydroxyl groups is 1. The van der Waals surface area contributed by atoms with E-state index in [1.807, 2.05) is 0 Å². The molecule has 1 fully saturated rings. The van der Waals surface area contributed by atoms with Crippen molar-refractivity contribution in [3.8, 4) is 17.4 Å². The molecule has 11 heteroatoms. The lowest BCUT2D eigenvalue weighted by Gasteiger charge is -2.20. The van der Waals surface area contributed by atoms with Crippen molar-refractivity contribution in [2.75, 3.05) is 38.2 Å². The summed E-state index contributed by atoms with van der Waals surface area (Å²) in [6.45, 7) is 0.689. The largest absolute Gasteiger partial charge is 0.479 e. The van der Waals surface area contributed by atoms with Gasteiger partial charge in [-0.25, -0.2) is 9.37 Å². The van der Waals surface area contributed by atoms with Crippen LogP contribution in [0.15, 0.2) is 60.8 Å². The summed E-state index contributed by atoms with van der Waals surface area (Å²) in [6.07, 6.45) is 1.20. The first kappa shape index (κ1) is 26.1. The molecule has 1 saturated heterocycles. The van der Waals surface area contributed by atoms with Crippen LogP contribution in [0.4, 0.5) is 10.1 Å². The van der Waals surface area contributed by atoms with Gasteiger partial charge in [0.2, 0.25) is 11.8 Å². The molecule has 3 heterocycles. The molecule has 2 aliphatic rings. The molecule has 2 aliphatic heterocycles. The molecular formula is C28H27FN4O6. The highest BCUT2D eigenvalue weighted by Gasteiger charge is 2.36. The van der Waals surface area contributed by atoms with Crippen molar-refractivity contribution in [1.82, 2.24) is 14.8 Å². The van der Waals surface area contributed by atoms with Gasteiger partial charge < -0.3 is 29.3 Å². The summed E-state index contributed by atoms with van der Waals surface area (Å²) >= 11 is 0. The molecule has 1 N–H and O–H groups in total. The van der Waals surface area contributed by atoms with Gasteiger partial charge in [-0.1, -0.05) is 6.07 Å². The molecule has 0 aliphatic carbocycles. The number of hydrogen-bond acceptors (Lipinski definition) is 7. The molecule has 202 valence electrons. The highest BCUT2D eigenvalue weighted by Crippen LogP contribution is 2.31. The number of aliphatic hydroxyl groups excluding tert-OH is 1. The van der Waals surface area contributed by atoms with Crippen LogP contribution < -0.4 is 14.4 Å². The zero-order valence-corrected chi connectivity index (χ0v) is 21.2. The molecule has 1 aromatic heterocycles. The molecule has 2 aromatic carbocycles. The summed E-state index contributed by atoms with van der Waals surface area (Å²) in [5.41, 5.74) is 1.84. The van der Waals surface area contributed by atoms with Gasteiger partial charge in [-0.3, -0.25) is 14.4 Å². The number of aromatic nitrogens is 1. The predicted octanol–water partition coefficient (Wildman–Crippen LogP) is 2.60. The normalized spacial score (nSPS) is 16.4. The van der Waals surface area contributed by atoms with Crippen molar-refractivity contribution >= 4 is 23.4 Å². The molecule has 39 heavy (non-hydrogen) atoms. The van der Waals surface area contributed by atoms with Gasteiger partial charge in [-0.05, 0) is 48.0 Å². The van der Waals surface area contributed by atoms with Gasteiger partial charge >= 0.3 is 0 Å². The average molecular weight is 535 g/mol. The maximum absolute atomic E-state index is 13.1. The smallest absolute Gasteiger partial charge is 0.268 e. The monoisotopic (exact) mass is 534 g/mol. The van der Waals surface area contributed by atoms with E-state index in [9.17, 15) is 18.8 Å². The Bertz CT molecular complexity index is 1380. The second kappa shape index (κ2) is 11.1. The molecular weight excluding hydrogens is 507 g/mol.